The summed E-state index contributed by atoms with van der Waals surface area (Å²) >= 11 is 11.5. The van der Waals surface area contributed by atoms with Crippen LogP contribution in [0.4, 0.5) is 15.8 Å². The summed E-state index contributed by atoms with van der Waals surface area (Å²) in [6.45, 7) is 1.99. The smallest absolute Gasteiger partial charge is 0.161 e. The lowest BCUT2D eigenvalue weighted by atomic mass is 10.1. The SMILES string of the molecule is Cc1ccc(Nc2ccc(C(N)=S)c(Br)c2F)c(Br)c1. The van der Waals surface area contributed by atoms with Gasteiger partial charge in [0.05, 0.1) is 15.8 Å². The second-order valence-electron chi connectivity index (χ2n) is 4.26. The minimum atomic E-state index is -0.428. The summed E-state index contributed by atoms with van der Waals surface area (Å²) in [7, 11) is 0. The predicted molar refractivity (Wildman–Crippen MR) is 92.1 cm³/mol. The van der Waals surface area contributed by atoms with Crippen LogP contribution in [0.15, 0.2) is 39.3 Å². The maximum absolute atomic E-state index is 14.3. The molecule has 0 heterocycles. The number of thiocarbonyl (C=S) groups is 1. The van der Waals surface area contributed by atoms with Crippen LogP contribution in [-0.2, 0) is 0 Å². The molecule has 2 aromatic rings. The van der Waals surface area contributed by atoms with Gasteiger partial charge in [-0.15, -0.1) is 0 Å². The van der Waals surface area contributed by atoms with E-state index in [1.165, 1.54) is 0 Å². The van der Waals surface area contributed by atoms with E-state index in [2.05, 4.69) is 37.2 Å². The Labute approximate surface area is 138 Å². The van der Waals surface area contributed by atoms with E-state index in [0.717, 1.165) is 15.7 Å². The number of hydrogen-bond donors (Lipinski definition) is 2. The molecule has 0 aliphatic heterocycles. The highest BCUT2D eigenvalue weighted by atomic mass is 79.9. The van der Waals surface area contributed by atoms with Crippen molar-refractivity contribution in [1.82, 2.24) is 0 Å². The van der Waals surface area contributed by atoms with Crippen LogP contribution in [0.3, 0.4) is 0 Å². The topological polar surface area (TPSA) is 38.0 Å². The van der Waals surface area contributed by atoms with Crippen molar-refractivity contribution in [3.8, 4) is 0 Å². The molecule has 0 aromatic heterocycles. The van der Waals surface area contributed by atoms with E-state index in [-0.39, 0.29) is 9.46 Å². The van der Waals surface area contributed by atoms with Gasteiger partial charge in [0.2, 0.25) is 0 Å². The lowest BCUT2D eigenvalue weighted by Gasteiger charge is -2.12. The van der Waals surface area contributed by atoms with Gasteiger partial charge in [0.25, 0.3) is 0 Å². The average molecular weight is 418 g/mol. The van der Waals surface area contributed by atoms with Crippen molar-refractivity contribution in [3.63, 3.8) is 0 Å². The van der Waals surface area contributed by atoms with Crippen molar-refractivity contribution in [1.29, 1.82) is 0 Å². The number of benzene rings is 2. The summed E-state index contributed by atoms with van der Waals surface area (Å²) in [6.07, 6.45) is 0. The minimum Gasteiger partial charge on any atom is -0.389 e. The number of hydrogen-bond acceptors (Lipinski definition) is 2. The Balaban J connectivity index is 2.39. The van der Waals surface area contributed by atoms with Crippen LogP contribution in [0.25, 0.3) is 0 Å². The monoisotopic (exact) mass is 416 g/mol. The second-order valence-corrected chi connectivity index (χ2v) is 6.35. The molecular weight excluding hydrogens is 407 g/mol. The summed E-state index contributed by atoms with van der Waals surface area (Å²) < 4.78 is 15.4. The molecule has 104 valence electrons. The third-order valence-electron chi connectivity index (χ3n) is 2.74. The van der Waals surface area contributed by atoms with E-state index in [1.54, 1.807) is 12.1 Å². The Morgan fingerprint density at radius 3 is 2.45 bits per heavy atom. The molecule has 2 nitrogen and oxygen atoms in total. The van der Waals surface area contributed by atoms with Gasteiger partial charge < -0.3 is 11.1 Å². The van der Waals surface area contributed by atoms with Crippen molar-refractivity contribution in [2.45, 2.75) is 6.92 Å². The molecule has 0 unspecified atom stereocenters. The van der Waals surface area contributed by atoms with E-state index in [4.69, 9.17) is 18.0 Å². The van der Waals surface area contributed by atoms with Crippen LogP contribution in [0.2, 0.25) is 0 Å². The highest BCUT2D eigenvalue weighted by Gasteiger charge is 2.13. The standard InChI is InChI=1S/C14H11Br2FN2S/c1-7-2-4-10(9(15)6-7)19-11-5-3-8(14(18)20)12(16)13(11)17/h2-6,19H,1H3,(H2,18,20). The Bertz CT molecular complexity index is 689. The van der Waals surface area contributed by atoms with Gasteiger partial charge in [0.15, 0.2) is 5.82 Å². The number of nitrogens with one attached hydrogen (secondary N) is 1. The molecule has 6 heteroatoms. The van der Waals surface area contributed by atoms with Gasteiger partial charge >= 0.3 is 0 Å². The summed E-state index contributed by atoms with van der Waals surface area (Å²) in [5.74, 6) is -0.428. The molecule has 0 fully saturated rings. The van der Waals surface area contributed by atoms with Crippen LogP contribution in [-0.4, -0.2) is 4.99 Å². The van der Waals surface area contributed by atoms with Gasteiger partial charge in [-0.25, -0.2) is 4.39 Å². The summed E-state index contributed by atoms with van der Waals surface area (Å²) in [5.41, 5.74) is 8.26. The first-order valence-electron chi connectivity index (χ1n) is 5.71. The van der Waals surface area contributed by atoms with Gasteiger partial charge in [-0.3, -0.25) is 0 Å². The molecule has 2 rings (SSSR count). The number of anilines is 2. The Hall–Kier alpha value is -0.980. The fourth-order valence-corrected chi connectivity index (χ4v) is 3.16. The normalized spacial score (nSPS) is 10.4. The number of halogens is 3. The summed E-state index contributed by atoms with van der Waals surface area (Å²) in [5, 5.41) is 3.04. The van der Waals surface area contributed by atoms with Crippen LogP contribution in [0, 0.1) is 12.7 Å². The molecule has 0 aliphatic rings. The van der Waals surface area contributed by atoms with Gasteiger partial charge in [-0.05, 0) is 68.6 Å². The maximum atomic E-state index is 14.3. The molecule has 0 bridgehead atoms. The molecule has 2 aromatic carbocycles. The zero-order valence-corrected chi connectivity index (χ0v) is 14.5. The highest BCUT2D eigenvalue weighted by Crippen LogP contribution is 2.32. The Kier molecular flexibility index (Phi) is 4.78. The minimum absolute atomic E-state index is 0.152. The molecule has 0 saturated heterocycles. The van der Waals surface area contributed by atoms with Crippen molar-refractivity contribution in [3.05, 3.63) is 56.2 Å². The van der Waals surface area contributed by atoms with E-state index in [9.17, 15) is 4.39 Å². The number of nitrogens with two attached hydrogens (primary N) is 1. The summed E-state index contributed by atoms with van der Waals surface area (Å²) in [6, 6.07) is 9.08. The highest BCUT2D eigenvalue weighted by molar-refractivity contribution is 9.11. The predicted octanol–water partition coefficient (Wildman–Crippen LogP) is 5.04. The van der Waals surface area contributed by atoms with Gasteiger partial charge in [-0.2, -0.15) is 0 Å². The fraction of sp³-hybridized carbons (Fsp3) is 0.0714. The first-order valence-corrected chi connectivity index (χ1v) is 7.70. The van der Waals surface area contributed by atoms with E-state index in [0.29, 0.717) is 11.3 Å². The van der Waals surface area contributed by atoms with Crippen LogP contribution in [0.1, 0.15) is 11.1 Å². The van der Waals surface area contributed by atoms with Crippen molar-refractivity contribution in [2.75, 3.05) is 5.32 Å². The van der Waals surface area contributed by atoms with E-state index >= 15 is 0 Å². The molecule has 0 radical (unpaired) electrons. The molecular formula is C14H11Br2FN2S. The Morgan fingerprint density at radius 1 is 1.20 bits per heavy atom. The van der Waals surface area contributed by atoms with E-state index < -0.39 is 5.82 Å². The zero-order chi connectivity index (χ0) is 14.9. The largest absolute Gasteiger partial charge is 0.389 e. The van der Waals surface area contributed by atoms with E-state index in [1.807, 2.05) is 25.1 Å². The lowest BCUT2D eigenvalue weighted by Crippen LogP contribution is -2.11. The fourth-order valence-electron chi connectivity index (χ4n) is 1.70. The van der Waals surface area contributed by atoms with Crippen LogP contribution < -0.4 is 11.1 Å². The maximum Gasteiger partial charge on any atom is 0.161 e. The van der Waals surface area contributed by atoms with Crippen molar-refractivity contribution < 1.29 is 4.39 Å². The van der Waals surface area contributed by atoms with Crippen molar-refractivity contribution in [2.24, 2.45) is 5.73 Å². The molecule has 20 heavy (non-hydrogen) atoms. The Morgan fingerprint density at radius 2 is 1.85 bits per heavy atom. The molecule has 3 N–H and O–H groups in total. The molecule has 0 amide bonds. The lowest BCUT2D eigenvalue weighted by molar-refractivity contribution is 0.625. The second kappa shape index (κ2) is 6.20. The molecule has 0 aliphatic carbocycles. The van der Waals surface area contributed by atoms with Gasteiger partial charge in [0.1, 0.15) is 4.99 Å². The number of aryl methyl sites for hydroxylation is 1. The van der Waals surface area contributed by atoms with Crippen LogP contribution in [0.5, 0.6) is 0 Å². The quantitative estimate of drug-likeness (QED) is 0.687. The third kappa shape index (κ3) is 3.19. The first kappa shape index (κ1) is 15.4. The third-order valence-corrected chi connectivity index (χ3v) is 4.39. The molecule has 0 spiro atoms. The first-order chi connectivity index (χ1) is 9.40. The molecule has 0 atom stereocenters. The molecule has 0 saturated carbocycles. The summed E-state index contributed by atoms with van der Waals surface area (Å²) in [4.78, 5) is 0.152. The van der Waals surface area contributed by atoms with Gasteiger partial charge in [-0.1, -0.05) is 18.3 Å². The van der Waals surface area contributed by atoms with Crippen LogP contribution >= 0.6 is 44.1 Å². The number of rotatable bonds is 3. The average Bonchev–Trinajstić information content (AvgIpc) is 2.37. The van der Waals surface area contributed by atoms with Crippen molar-refractivity contribution >= 4 is 60.4 Å². The van der Waals surface area contributed by atoms with Gasteiger partial charge in [0, 0.05) is 10.0 Å². The zero-order valence-electron chi connectivity index (χ0n) is 10.5.